The standard InChI is InChI=1S/C25H22F7NO3/c26-23(27)25(31,32)36-21-12-6-7-17(13-21)15-33(16-22(34)24(28,29)30)18-8-4-5-11-20(14-18)35-19-9-2-1-3-10-19/h1-14,20,22-23,34H,15-16H2/t20?,22-/m1/s1. The van der Waals surface area contributed by atoms with E-state index in [2.05, 4.69) is 4.74 Å². The number of halogens is 7. The van der Waals surface area contributed by atoms with E-state index in [4.69, 9.17) is 4.74 Å². The Bertz CT molecular complexity index is 1080. The van der Waals surface area contributed by atoms with Crippen molar-refractivity contribution in [1.29, 1.82) is 0 Å². The average Bonchev–Trinajstić information content (AvgIpc) is 3.04. The van der Waals surface area contributed by atoms with E-state index in [1.165, 1.54) is 29.2 Å². The predicted octanol–water partition coefficient (Wildman–Crippen LogP) is 6.11. The molecule has 2 atom stereocenters. The van der Waals surface area contributed by atoms with Gasteiger partial charge >= 0.3 is 18.7 Å². The molecule has 2 aromatic carbocycles. The van der Waals surface area contributed by atoms with E-state index in [0.29, 0.717) is 5.75 Å². The van der Waals surface area contributed by atoms with Crippen molar-refractivity contribution in [3.63, 3.8) is 0 Å². The summed E-state index contributed by atoms with van der Waals surface area (Å²) >= 11 is 0. The van der Waals surface area contributed by atoms with Crippen molar-refractivity contribution >= 4 is 0 Å². The minimum Gasteiger partial charge on any atom is -0.482 e. The molecule has 3 rings (SSSR count). The molecule has 2 aromatic rings. The Hall–Kier alpha value is -3.47. The fourth-order valence-corrected chi connectivity index (χ4v) is 3.25. The lowest BCUT2D eigenvalue weighted by Gasteiger charge is -2.30. The van der Waals surface area contributed by atoms with E-state index >= 15 is 0 Å². The molecule has 1 N–H and O–H groups in total. The zero-order valence-electron chi connectivity index (χ0n) is 18.6. The Labute approximate surface area is 202 Å². The highest BCUT2D eigenvalue weighted by Crippen LogP contribution is 2.29. The highest BCUT2D eigenvalue weighted by molar-refractivity contribution is 5.33. The molecule has 194 valence electrons. The predicted molar refractivity (Wildman–Crippen MR) is 118 cm³/mol. The lowest BCUT2D eigenvalue weighted by atomic mass is 10.1. The van der Waals surface area contributed by atoms with Gasteiger partial charge in [0.2, 0.25) is 0 Å². The largest absolute Gasteiger partial charge is 0.482 e. The fourth-order valence-electron chi connectivity index (χ4n) is 3.25. The van der Waals surface area contributed by atoms with Crippen LogP contribution in [0, 0.1) is 0 Å². The molecule has 0 aliphatic heterocycles. The van der Waals surface area contributed by atoms with Crippen LogP contribution >= 0.6 is 0 Å². The molecule has 0 saturated heterocycles. The monoisotopic (exact) mass is 517 g/mol. The molecule has 4 nitrogen and oxygen atoms in total. The molecule has 1 aliphatic carbocycles. The van der Waals surface area contributed by atoms with Gasteiger partial charge in [-0.1, -0.05) is 42.5 Å². The first-order valence-electron chi connectivity index (χ1n) is 10.7. The maximum absolute atomic E-state index is 13.3. The summed E-state index contributed by atoms with van der Waals surface area (Å²) in [5.74, 6) is -0.0807. The smallest absolute Gasteiger partial charge is 0.461 e. The maximum Gasteiger partial charge on any atom is 0.461 e. The lowest BCUT2D eigenvalue weighted by molar-refractivity contribution is -0.253. The zero-order valence-corrected chi connectivity index (χ0v) is 18.6. The van der Waals surface area contributed by atoms with Gasteiger partial charge in [0.05, 0.1) is 6.54 Å². The van der Waals surface area contributed by atoms with Crippen LogP contribution in [-0.4, -0.2) is 47.5 Å². The van der Waals surface area contributed by atoms with E-state index in [9.17, 15) is 35.8 Å². The lowest BCUT2D eigenvalue weighted by Crippen LogP contribution is -2.40. The van der Waals surface area contributed by atoms with Crippen LogP contribution in [0.5, 0.6) is 11.5 Å². The number of aliphatic hydroxyl groups is 1. The van der Waals surface area contributed by atoms with Crippen molar-refractivity contribution in [3.05, 3.63) is 96.2 Å². The van der Waals surface area contributed by atoms with Crippen molar-refractivity contribution in [3.8, 4) is 11.5 Å². The molecular formula is C25H22F7NO3. The van der Waals surface area contributed by atoms with E-state index < -0.39 is 43.2 Å². The zero-order chi connectivity index (χ0) is 26.3. The summed E-state index contributed by atoms with van der Waals surface area (Å²) in [6, 6.07) is 13.4. The summed E-state index contributed by atoms with van der Waals surface area (Å²) in [5, 5.41) is 9.73. The van der Waals surface area contributed by atoms with Crippen LogP contribution < -0.4 is 9.47 Å². The summed E-state index contributed by atoms with van der Waals surface area (Å²) in [5.41, 5.74) is 0.424. The first-order chi connectivity index (χ1) is 16.9. The maximum atomic E-state index is 13.3. The van der Waals surface area contributed by atoms with Crippen LogP contribution in [0.25, 0.3) is 0 Å². The molecule has 0 saturated carbocycles. The van der Waals surface area contributed by atoms with Crippen LogP contribution in [0.2, 0.25) is 0 Å². The van der Waals surface area contributed by atoms with Crippen LogP contribution in [-0.2, 0) is 6.54 Å². The van der Waals surface area contributed by atoms with E-state index in [0.717, 1.165) is 12.1 Å². The van der Waals surface area contributed by atoms with Gasteiger partial charge in [0.25, 0.3) is 0 Å². The SMILES string of the molecule is O[C@H](CN(Cc1cccc(OC(F)(F)C(F)F)c1)C1=CC(Oc2ccccc2)C=CC=C1)C(F)(F)F. The number of hydrogen-bond acceptors (Lipinski definition) is 4. The van der Waals surface area contributed by atoms with E-state index in [1.54, 1.807) is 48.6 Å². The molecule has 36 heavy (non-hydrogen) atoms. The number of benzene rings is 2. The summed E-state index contributed by atoms with van der Waals surface area (Å²) in [7, 11) is 0. The minimum absolute atomic E-state index is 0.180. The molecule has 0 heterocycles. The third-order valence-corrected chi connectivity index (χ3v) is 4.95. The number of hydrogen-bond donors (Lipinski definition) is 1. The van der Waals surface area contributed by atoms with Gasteiger partial charge in [0, 0.05) is 12.2 Å². The average molecular weight is 517 g/mol. The second-order valence-corrected chi connectivity index (χ2v) is 7.78. The molecule has 1 unspecified atom stereocenters. The van der Waals surface area contributed by atoms with Crippen molar-refractivity contribution in [2.24, 2.45) is 0 Å². The van der Waals surface area contributed by atoms with Crippen molar-refractivity contribution in [1.82, 2.24) is 4.90 Å². The van der Waals surface area contributed by atoms with Crippen molar-refractivity contribution < 1.29 is 45.3 Å². The quantitative estimate of drug-likeness (QED) is 0.387. The van der Waals surface area contributed by atoms with Crippen molar-refractivity contribution in [2.75, 3.05) is 6.54 Å². The van der Waals surface area contributed by atoms with E-state index in [1.807, 2.05) is 0 Å². The Morgan fingerprint density at radius 2 is 1.61 bits per heavy atom. The normalized spacial score (nSPS) is 16.9. The number of alkyl halides is 7. The number of allylic oxidation sites excluding steroid dienone is 3. The van der Waals surface area contributed by atoms with Gasteiger partial charge in [-0.05, 0) is 48.1 Å². The Kier molecular flexibility index (Phi) is 8.67. The number of nitrogens with zero attached hydrogens (tertiary/aromatic N) is 1. The topological polar surface area (TPSA) is 41.9 Å². The van der Waals surface area contributed by atoms with Gasteiger partial charge in [-0.25, -0.2) is 0 Å². The first kappa shape index (κ1) is 27.1. The minimum atomic E-state index is -4.92. The van der Waals surface area contributed by atoms with Crippen LogP contribution in [0.1, 0.15) is 5.56 Å². The second kappa shape index (κ2) is 11.5. The Morgan fingerprint density at radius 3 is 2.28 bits per heavy atom. The van der Waals surface area contributed by atoms with E-state index in [-0.39, 0.29) is 17.8 Å². The van der Waals surface area contributed by atoms with Crippen LogP contribution in [0.15, 0.2) is 90.7 Å². The van der Waals surface area contributed by atoms with Gasteiger partial charge in [-0.3, -0.25) is 0 Å². The molecule has 0 fully saturated rings. The molecule has 0 spiro atoms. The second-order valence-electron chi connectivity index (χ2n) is 7.78. The van der Waals surface area contributed by atoms with Gasteiger partial charge in [0.1, 0.15) is 17.6 Å². The molecule has 0 radical (unpaired) electrons. The van der Waals surface area contributed by atoms with Crippen LogP contribution in [0.3, 0.4) is 0 Å². The molecule has 0 aromatic heterocycles. The number of aliphatic hydroxyl groups excluding tert-OH is 1. The Balaban J connectivity index is 1.88. The van der Waals surface area contributed by atoms with Gasteiger partial charge < -0.3 is 19.5 Å². The summed E-state index contributed by atoms with van der Waals surface area (Å²) in [6.07, 6.45) is -9.25. The molecule has 1 aliphatic rings. The molecule has 0 bridgehead atoms. The Morgan fingerprint density at radius 1 is 0.917 bits per heavy atom. The molecular weight excluding hydrogens is 495 g/mol. The van der Waals surface area contributed by atoms with Crippen LogP contribution in [0.4, 0.5) is 30.7 Å². The van der Waals surface area contributed by atoms with Gasteiger partial charge in [-0.2, -0.15) is 30.7 Å². The molecule has 11 heteroatoms. The van der Waals surface area contributed by atoms with Gasteiger partial charge in [0.15, 0.2) is 6.10 Å². The highest BCUT2D eigenvalue weighted by Gasteiger charge is 2.44. The number of rotatable bonds is 10. The number of ether oxygens (including phenoxy) is 2. The highest BCUT2D eigenvalue weighted by atomic mass is 19.4. The van der Waals surface area contributed by atoms with Gasteiger partial charge in [-0.15, -0.1) is 0 Å². The summed E-state index contributed by atoms with van der Waals surface area (Å²) in [6.45, 7) is -1.19. The third-order valence-electron chi connectivity index (χ3n) is 4.95. The molecule has 0 amide bonds. The third kappa shape index (κ3) is 7.77. The number of para-hydroxylation sites is 1. The van der Waals surface area contributed by atoms with Crippen molar-refractivity contribution in [2.45, 2.75) is 37.5 Å². The fraction of sp³-hybridized carbons (Fsp3) is 0.280. The summed E-state index contributed by atoms with van der Waals surface area (Å²) in [4.78, 5) is 1.17. The summed E-state index contributed by atoms with van der Waals surface area (Å²) < 4.78 is 101. The first-order valence-corrected chi connectivity index (χ1v) is 10.7.